The maximum atomic E-state index is 12.6. The Morgan fingerprint density at radius 3 is 2.12 bits per heavy atom. The lowest BCUT2D eigenvalue weighted by Crippen LogP contribution is -2.50. The highest BCUT2D eigenvalue weighted by Gasteiger charge is 2.24. The van der Waals surface area contributed by atoms with Gasteiger partial charge in [0.15, 0.2) is 0 Å². The first-order chi connectivity index (χ1) is 11.5. The van der Waals surface area contributed by atoms with Crippen LogP contribution in [-0.4, -0.2) is 54.9 Å². The van der Waals surface area contributed by atoms with Crippen molar-refractivity contribution in [3.05, 3.63) is 28.8 Å². The molecule has 1 fully saturated rings. The Hall–Kier alpha value is -2.04. The topological polar surface area (TPSA) is 49.9 Å². The molecule has 0 radical (unpaired) electrons. The number of amides is 2. The molecule has 132 valence electrons. The predicted molar refractivity (Wildman–Crippen MR) is 94.2 cm³/mol. The molecule has 5 nitrogen and oxygen atoms in total. The highest BCUT2D eigenvalue weighted by Crippen LogP contribution is 2.23. The van der Waals surface area contributed by atoms with Crippen molar-refractivity contribution in [3.63, 3.8) is 0 Å². The maximum absolute atomic E-state index is 12.6. The average Bonchev–Trinajstić information content (AvgIpc) is 2.58. The Labute approximate surface area is 144 Å². The van der Waals surface area contributed by atoms with Gasteiger partial charge >= 0.3 is 0 Å². The zero-order valence-electron chi connectivity index (χ0n) is 15.2. The number of ether oxygens (including phenoxy) is 1. The van der Waals surface area contributed by atoms with Gasteiger partial charge in [-0.2, -0.15) is 0 Å². The molecule has 1 aliphatic heterocycles. The van der Waals surface area contributed by atoms with Crippen molar-refractivity contribution in [2.45, 2.75) is 40.0 Å². The van der Waals surface area contributed by atoms with E-state index in [2.05, 4.69) is 0 Å². The molecule has 0 bridgehead atoms. The molecule has 0 aromatic heterocycles. The molecule has 0 atom stereocenters. The van der Waals surface area contributed by atoms with E-state index in [4.69, 9.17) is 4.74 Å². The van der Waals surface area contributed by atoms with Crippen molar-refractivity contribution < 1.29 is 14.3 Å². The summed E-state index contributed by atoms with van der Waals surface area (Å²) in [5, 5.41) is 0. The summed E-state index contributed by atoms with van der Waals surface area (Å²) < 4.78 is 5.32. The molecule has 1 heterocycles. The molecule has 1 aromatic carbocycles. The predicted octanol–water partition coefficient (Wildman–Crippen LogP) is 2.33. The van der Waals surface area contributed by atoms with Gasteiger partial charge in [0.1, 0.15) is 5.75 Å². The molecule has 0 aliphatic carbocycles. The van der Waals surface area contributed by atoms with Crippen molar-refractivity contribution in [3.8, 4) is 5.75 Å². The maximum Gasteiger partial charge on any atom is 0.227 e. The number of carbonyl (C=O) groups excluding carboxylic acids is 2. The number of hydrogen-bond acceptors (Lipinski definition) is 3. The molecule has 2 amide bonds. The minimum absolute atomic E-state index is 0.130. The molecule has 1 aromatic rings. The summed E-state index contributed by atoms with van der Waals surface area (Å²) in [6.45, 7) is 8.55. The molecule has 5 heteroatoms. The highest BCUT2D eigenvalue weighted by atomic mass is 16.5. The van der Waals surface area contributed by atoms with Crippen LogP contribution in [0.1, 0.15) is 36.5 Å². The van der Waals surface area contributed by atoms with Gasteiger partial charge in [0, 0.05) is 32.6 Å². The Balaban J connectivity index is 1.95. The van der Waals surface area contributed by atoms with Gasteiger partial charge in [-0.15, -0.1) is 0 Å². The smallest absolute Gasteiger partial charge is 0.227 e. The molecular formula is C19H28N2O3. The molecule has 1 saturated heterocycles. The van der Waals surface area contributed by atoms with E-state index < -0.39 is 0 Å². The van der Waals surface area contributed by atoms with E-state index in [1.807, 2.05) is 42.7 Å². The van der Waals surface area contributed by atoms with Crippen LogP contribution in [0.15, 0.2) is 12.1 Å². The zero-order valence-corrected chi connectivity index (χ0v) is 15.2. The van der Waals surface area contributed by atoms with Crippen LogP contribution in [0.3, 0.4) is 0 Å². The first kappa shape index (κ1) is 18.3. The lowest BCUT2D eigenvalue weighted by molar-refractivity contribution is -0.139. The van der Waals surface area contributed by atoms with E-state index in [0.29, 0.717) is 39.0 Å². The van der Waals surface area contributed by atoms with E-state index in [9.17, 15) is 9.59 Å². The number of rotatable bonds is 5. The summed E-state index contributed by atoms with van der Waals surface area (Å²) in [5.74, 6) is 1.18. The van der Waals surface area contributed by atoms with Gasteiger partial charge in [-0.1, -0.05) is 13.0 Å². The van der Waals surface area contributed by atoms with E-state index in [1.165, 1.54) is 0 Å². The van der Waals surface area contributed by atoms with Crippen molar-refractivity contribution in [2.75, 3.05) is 33.3 Å². The van der Waals surface area contributed by atoms with E-state index in [1.54, 1.807) is 7.11 Å². The summed E-state index contributed by atoms with van der Waals surface area (Å²) in [5.41, 5.74) is 3.16. The zero-order chi connectivity index (χ0) is 17.7. The van der Waals surface area contributed by atoms with E-state index >= 15 is 0 Å². The number of hydrogen-bond donors (Lipinski definition) is 0. The molecule has 24 heavy (non-hydrogen) atoms. The molecule has 2 rings (SSSR count). The minimum atomic E-state index is 0.130. The van der Waals surface area contributed by atoms with Crippen LogP contribution < -0.4 is 4.74 Å². The lowest BCUT2D eigenvalue weighted by atomic mass is 10.0. The number of carbonyl (C=O) groups is 2. The van der Waals surface area contributed by atoms with Crippen LogP contribution in [0.2, 0.25) is 0 Å². The van der Waals surface area contributed by atoms with Crippen molar-refractivity contribution >= 4 is 11.8 Å². The summed E-state index contributed by atoms with van der Waals surface area (Å²) in [7, 11) is 1.66. The normalized spacial score (nSPS) is 14.7. The van der Waals surface area contributed by atoms with Crippen LogP contribution in [0.25, 0.3) is 0 Å². The van der Waals surface area contributed by atoms with Gasteiger partial charge in [-0.05, 0) is 43.0 Å². The molecule has 0 N–H and O–H groups in total. The largest absolute Gasteiger partial charge is 0.496 e. The number of piperazine rings is 1. The van der Waals surface area contributed by atoms with Gasteiger partial charge in [0.2, 0.25) is 11.8 Å². The Bertz CT molecular complexity index is 605. The van der Waals surface area contributed by atoms with Crippen LogP contribution in [0.4, 0.5) is 0 Å². The van der Waals surface area contributed by atoms with Crippen LogP contribution >= 0.6 is 0 Å². The van der Waals surface area contributed by atoms with Crippen molar-refractivity contribution in [1.29, 1.82) is 0 Å². The van der Waals surface area contributed by atoms with Gasteiger partial charge < -0.3 is 14.5 Å². The van der Waals surface area contributed by atoms with Crippen LogP contribution in [-0.2, 0) is 16.0 Å². The monoisotopic (exact) mass is 332 g/mol. The number of methoxy groups -OCH3 is 1. The number of aryl methyl sites for hydroxylation is 2. The first-order valence-electron chi connectivity index (χ1n) is 8.66. The molecular weight excluding hydrogens is 304 g/mol. The molecule has 1 aliphatic rings. The molecule has 0 unspecified atom stereocenters. The summed E-state index contributed by atoms with van der Waals surface area (Å²) in [6.07, 6.45) is 1.87. The fraction of sp³-hybridized carbons (Fsp3) is 0.579. The Morgan fingerprint density at radius 1 is 1.00 bits per heavy atom. The summed E-state index contributed by atoms with van der Waals surface area (Å²) in [6, 6.07) is 4.02. The Kier molecular flexibility index (Phi) is 6.23. The quantitative estimate of drug-likeness (QED) is 0.831. The van der Waals surface area contributed by atoms with Crippen LogP contribution in [0.5, 0.6) is 5.75 Å². The van der Waals surface area contributed by atoms with Gasteiger partial charge in [-0.25, -0.2) is 0 Å². The third-order valence-electron chi connectivity index (χ3n) is 4.64. The van der Waals surface area contributed by atoms with Crippen molar-refractivity contribution in [2.24, 2.45) is 0 Å². The average molecular weight is 332 g/mol. The van der Waals surface area contributed by atoms with Gasteiger partial charge in [0.25, 0.3) is 0 Å². The Morgan fingerprint density at radius 2 is 1.58 bits per heavy atom. The number of benzene rings is 1. The fourth-order valence-corrected chi connectivity index (χ4v) is 3.11. The van der Waals surface area contributed by atoms with Crippen molar-refractivity contribution in [1.82, 2.24) is 9.80 Å². The fourth-order valence-electron chi connectivity index (χ4n) is 3.11. The van der Waals surface area contributed by atoms with Gasteiger partial charge in [-0.3, -0.25) is 9.59 Å². The van der Waals surface area contributed by atoms with Gasteiger partial charge in [0.05, 0.1) is 13.5 Å². The third kappa shape index (κ3) is 4.28. The van der Waals surface area contributed by atoms with E-state index in [0.717, 1.165) is 28.9 Å². The lowest BCUT2D eigenvalue weighted by Gasteiger charge is -2.35. The summed E-state index contributed by atoms with van der Waals surface area (Å²) >= 11 is 0. The minimum Gasteiger partial charge on any atom is -0.496 e. The SMILES string of the molecule is CCCC(=O)N1CCN(C(=O)Cc2cc(C)c(OC)cc2C)CC1. The first-order valence-corrected chi connectivity index (χ1v) is 8.66. The summed E-state index contributed by atoms with van der Waals surface area (Å²) in [4.78, 5) is 28.2. The highest BCUT2D eigenvalue weighted by molar-refractivity contribution is 5.80. The molecule has 0 spiro atoms. The molecule has 0 saturated carbocycles. The third-order valence-corrected chi connectivity index (χ3v) is 4.64. The standard InChI is InChI=1S/C19H28N2O3/c1-5-6-18(22)20-7-9-21(10-8-20)19(23)13-16-11-15(3)17(24-4)12-14(16)2/h11-12H,5-10,13H2,1-4H3. The second kappa shape index (κ2) is 8.18. The van der Waals surface area contributed by atoms with E-state index in [-0.39, 0.29) is 11.8 Å². The van der Waals surface area contributed by atoms with Crippen LogP contribution in [0, 0.1) is 13.8 Å². The second-order valence-corrected chi connectivity index (χ2v) is 6.44. The number of nitrogens with zero attached hydrogens (tertiary/aromatic N) is 2. The second-order valence-electron chi connectivity index (χ2n) is 6.44.